The molecule has 1 aliphatic rings. The van der Waals surface area contributed by atoms with Crippen LogP contribution in [0, 0.1) is 13.8 Å². The third-order valence-corrected chi connectivity index (χ3v) is 4.20. The van der Waals surface area contributed by atoms with Crippen molar-refractivity contribution in [2.45, 2.75) is 46.2 Å². The van der Waals surface area contributed by atoms with Gasteiger partial charge in [0.25, 0.3) is 0 Å². The molecule has 0 atom stereocenters. The lowest BCUT2D eigenvalue weighted by Gasteiger charge is -2.16. The fraction of sp³-hybridized carbons (Fsp3) is 0.571. The van der Waals surface area contributed by atoms with Crippen LogP contribution < -0.4 is 10.6 Å². The highest BCUT2D eigenvalue weighted by Gasteiger charge is 2.11. The molecule has 0 radical (unpaired) electrons. The molecule has 0 saturated heterocycles. The summed E-state index contributed by atoms with van der Waals surface area (Å²) in [6.07, 6.45) is 6.60. The highest BCUT2D eigenvalue weighted by atomic mass is 32.1. The van der Waals surface area contributed by atoms with Crippen LogP contribution in [0.3, 0.4) is 0 Å². The first-order valence-corrected chi connectivity index (χ1v) is 7.63. The molecule has 0 unspecified atom stereocenters. The van der Waals surface area contributed by atoms with Crippen LogP contribution in [0.15, 0.2) is 17.1 Å². The van der Waals surface area contributed by atoms with Crippen LogP contribution in [0.4, 0.5) is 0 Å². The molecule has 4 nitrogen and oxygen atoms in total. The normalized spacial score (nSPS) is 16.1. The van der Waals surface area contributed by atoms with Crippen LogP contribution in [0.25, 0.3) is 0 Å². The second-order valence-electron chi connectivity index (χ2n) is 4.73. The van der Waals surface area contributed by atoms with Gasteiger partial charge in [0.1, 0.15) is 5.01 Å². The summed E-state index contributed by atoms with van der Waals surface area (Å²) >= 11 is 1.73. The number of guanidine groups is 1. The Hall–Kier alpha value is -1.36. The SMILES string of the molecule is CCNC(=NCc1nc(C)c(C)s1)NC1CC=CC1. The molecule has 5 heteroatoms. The summed E-state index contributed by atoms with van der Waals surface area (Å²) in [6, 6.07) is 0.484. The number of rotatable bonds is 4. The Morgan fingerprint density at radius 2 is 2.16 bits per heavy atom. The van der Waals surface area contributed by atoms with E-state index in [-0.39, 0.29) is 0 Å². The van der Waals surface area contributed by atoms with Gasteiger partial charge in [-0.2, -0.15) is 0 Å². The minimum absolute atomic E-state index is 0.484. The Morgan fingerprint density at radius 1 is 1.42 bits per heavy atom. The lowest BCUT2D eigenvalue weighted by Crippen LogP contribution is -2.42. The van der Waals surface area contributed by atoms with Gasteiger partial charge in [-0.3, -0.25) is 0 Å². The van der Waals surface area contributed by atoms with E-state index in [2.05, 4.69) is 46.6 Å². The predicted octanol–water partition coefficient (Wildman–Crippen LogP) is 2.53. The first-order chi connectivity index (χ1) is 9.19. The number of aromatic nitrogens is 1. The van der Waals surface area contributed by atoms with Crippen LogP contribution in [-0.4, -0.2) is 23.5 Å². The summed E-state index contributed by atoms with van der Waals surface area (Å²) in [5.74, 6) is 0.890. The van der Waals surface area contributed by atoms with Crippen molar-refractivity contribution < 1.29 is 0 Å². The molecule has 0 bridgehead atoms. The average Bonchev–Trinajstić information content (AvgIpc) is 2.98. The van der Waals surface area contributed by atoms with E-state index in [1.807, 2.05) is 6.92 Å². The minimum Gasteiger partial charge on any atom is -0.357 e. The van der Waals surface area contributed by atoms with Gasteiger partial charge in [0.2, 0.25) is 0 Å². The molecule has 2 rings (SSSR count). The van der Waals surface area contributed by atoms with E-state index in [9.17, 15) is 0 Å². The largest absolute Gasteiger partial charge is 0.357 e. The van der Waals surface area contributed by atoms with Crippen LogP contribution in [-0.2, 0) is 6.54 Å². The number of nitrogens with zero attached hydrogens (tertiary/aromatic N) is 2. The summed E-state index contributed by atoms with van der Waals surface area (Å²) in [4.78, 5) is 10.4. The maximum Gasteiger partial charge on any atom is 0.191 e. The number of hydrogen-bond acceptors (Lipinski definition) is 3. The Bertz CT molecular complexity index is 448. The van der Waals surface area contributed by atoms with E-state index in [1.54, 1.807) is 11.3 Å². The van der Waals surface area contributed by atoms with E-state index in [0.717, 1.165) is 36.0 Å². The smallest absolute Gasteiger partial charge is 0.191 e. The first kappa shape index (κ1) is 14.1. The van der Waals surface area contributed by atoms with E-state index < -0.39 is 0 Å². The first-order valence-electron chi connectivity index (χ1n) is 6.81. The second kappa shape index (κ2) is 6.70. The molecule has 0 amide bonds. The second-order valence-corrected chi connectivity index (χ2v) is 6.02. The Balaban J connectivity index is 1.95. The lowest BCUT2D eigenvalue weighted by atomic mass is 10.2. The van der Waals surface area contributed by atoms with Crippen LogP contribution in [0.5, 0.6) is 0 Å². The molecule has 1 aromatic heterocycles. The van der Waals surface area contributed by atoms with Crippen molar-refractivity contribution in [3.8, 4) is 0 Å². The van der Waals surface area contributed by atoms with Gasteiger partial charge >= 0.3 is 0 Å². The van der Waals surface area contributed by atoms with Gasteiger partial charge in [-0.05, 0) is 33.6 Å². The monoisotopic (exact) mass is 278 g/mol. The Kier molecular flexibility index (Phi) is 4.96. The number of nitrogens with one attached hydrogen (secondary N) is 2. The molecule has 0 saturated carbocycles. The van der Waals surface area contributed by atoms with Gasteiger partial charge in [-0.25, -0.2) is 9.98 Å². The molecule has 1 aliphatic carbocycles. The van der Waals surface area contributed by atoms with E-state index in [4.69, 9.17) is 0 Å². The molecular weight excluding hydrogens is 256 g/mol. The Morgan fingerprint density at radius 3 is 2.74 bits per heavy atom. The van der Waals surface area contributed by atoms with Crippen LogP contribution >= 0.6 is 11.3 Å². The number of aliphatic imine (C=N–C) groups is 1. The summed E-state index contributed by atoms with van der Waals surface area (Å²) in [6.45, 7) is 7.76. The lowest BCUT2D eigenvalue weighted by molar-refractivity contribution is 0.633. The zero-order valence-corrected chi connectivity index (χ0v) is 12.7. The fourth-order valence-corrected chi connectivity index (χ4v) is 2.86. The molecule has 19 heavy (non-hydrogen) atoms. The van der Waals surface area contributed by atoms with Crippen molar-refractivity contribution in [1.29, 1.82) is 0 Å². The van der Waals surface area contributed by atoms with Crippen molar-refractivity contribution in [3.05, 3.63) is 27.7 Å². The summed E-state index contributed by atoms with van der Waals surface area (Å²) in [7, 11) is 0. The van der Waals surface area contributed by atoms with Gasteiger partial charge in [-0.1, -0.05) is 12.2 Å². The van der Waals surface area contributed by atoms with Gasteiger partial charge in [0, 0.05) is 17.5 Å². The predicted molar refractivity (Wildman–Crippen MR) is 81.7 cm³/mol. The zero-order chi connectivity index (χ0) is 13.7. The quantitative estimate of drug-likeness (QED) is 0.505. The molecule has 0 aliphatic heterocycles. The van der Waals surface area contributed by atoms with Crippen LogP contribution in [0.1, 0.15) is 35.3 Å². The summed E-state index contributed by atoms with van der Waals surface area (Å²) < 4.78 is 0. The maximum absolute atomic E-state index is 4.62. The molecular formula is C14H22N4S. The molecule has 104 valence electrons. The highest BCUT2D eigenvalue weighted by molar-refractivity contribution is 7.11. The van der Waals surface area contributed by atoms with Gasteiger partial charge in [0.15, 0.2) is 5.96 Å². The van der Waals surface area contributed by atoms with Crippen molar-refractivity contribution in [1.82, 2.24) is 15.6 Å². The fourth-order valence-electron chi connectivity index (χ4n) is 2.00. The van der Waals surface area contributed by atoms with Crippen molar-refractivity contribution in [2.75, 3.05) is 6.54 Å². The topological polar surface area (TPSA) is 49.3 Å². The maximum atomic E-state index is 4.62. The number of hydrogen-bond donors (Lipinski definition) is 2. The standard InChI is InChI=1S/C14H22N4S/c1-4-15-14(18-12-7-5-6-8-12)16-9-13-17-10(2)11(3)19-13/h5-6,12H,4,7-9H2,1-3H3,(H2,15,16,18). The number of thiazole rings is 1. The highest BCUT2D eigenvalue weighted by Crippen LogP contribution is 2.17. The van der Waals surface area contributed by atoms with Gasteiger partial charge in [-0.15, -0.1) is 11.3 Å². The molecule has 2 N–H and O–H groups in total. The molecule has 1 aromatic rings. The van der Waals surface area contributed by atoms with E-state index >= 15 is 0 Å². The summed E-state index contributed by atoms with van der Waals surface area (Å²) in [5, 5.41) is 7.83. The molecule has 0 aromatic carbocycles. The average molecular weight is 278 g/mol. The molecule has 0 fully saturated rings. The molecule has 0 spiro atoms. The van der Waals surface area contributed by atoms with Gasteiger partial charge < -0.3 is 10.6 Å². The summed E-state index contributed by atoms with van der Waals surface area (Å²) in [5.41, 5.74) is 1.12. The zero-order valence-electron chi connectivity index (χ0n) is 11.9. The third-order valence-electron chi connectivity index (χ3n) is 3.14. The Labute approximate surface area is 119 Å². The third kappa shape index (κ3) is 4.06. The minimum atomic E-state index is 0.484. The number of aryl methyl sites for hydroxylation is 2. The van der Waals surface area contributed by atoms with E-state index in [0.29, 0.717) is 12.6 Å². The van der Waals surface area contributed by atoms with Crippen molar-refractivity contribution in [3.63, 3.8) is 0 Å². The van der Waals surface area contributed by atoms with Crippen molar-refractivity contribution >= 4 is 17.3 Å². The molecule has 1 heterocycles. The van der Waals surface area contributed by atoms with Crippen molar-refractivity contribution in [2.24, 2.45) is 4.99 Å². The van der Waals surface area contributed by atoms with Gasteiger partial charge in [0.05, 0.1) is 12.2 Å². The van der Waals surface area contributed by atoms with E-state index in [1.165, 1.54) is 4.88 Å². The van der Waals surface area contributed by atoms with Crippen LogP contribution in [0.2, 0.25) is 0 Å².